The van der Waals surface area contributed by atoms with Crippen LogP contribution in [0.2, 0.25) is 0 Å². The summed E-state index contributed by atoms with van der Waals surface area (Å²) in [5.74, 6) is -0.395. The van der Waals surface area contributed by atoms with Crippen LogP contribution in [0.25, 0.3) is 0 Å². The first-order chi connectivity index (χ1) is 21.2. The molecule has 0 saturated heterocycles. The number of hydrogen-bond acceptors (Lipinski definition) is 12. The molecule has 0 unspecified atom stereocenters. The van der Waals surface area contributed by atoms with Crippen LogP contribution in [-0.4, -0.2) is 131 Å². The molecule has 256 valence electrons. The maximum absolute atomic E-state index is 11.7. The number of hydrogen-bond donors (Lipinski definition) is 0. The Morgan fingerprint density at radius 1 is 0.349 bits per heavy atom. The molecular formula is C31H60O12. The van der Waals surface area contributed by atoms with Gasteiger partial charge >= 0.3 is 11.9 Å². The van der Waals surface area contributed by atoms with Crippen LogP contribution >= 0.6 is 0 Å². The molecule has 0 atom stereocenters. The van der Waals surface area contributed by atoms with Crippen LogP contribution < -0.4 is 0 Å². The molecule has 0 spiro atoms. The zero-order chi connectivity index (χ0) is 31.3. The van der Waals surface area contributed by atoms with Crippen LogP contribution in [0.5, 0.6) is 0 Å². The van der Waals surface area contributed by atoms with Crippen molar-refractivity contribution in [2.24, 2.45) is 0 Å². The Balaban J connectivity index is 3.12. The average molecular weight is 625 g/mol. The van der Waals surface area contributed by atoms with E-state index in [9.17, 15) is 9.59 Å². The van der Waals surface area contributed by atoms with Crippen molar-refractivity contribution in [2.45, 2.75) is 71.6 Å². The van der Waals surface area contributed by atoms with Crippen molar-refractivity contribution in [3.8, 4) is 0 Å². The SMILES string of the molecule is CCCCCCCCCC(=O)OCCOCCOCCOCCOCCOCCOCCOCCOCCC(=O)OCC. The molecule has 0 aromatic carbocycles. The second-order valence-corrected chi connectivity index (χ2v) is 9.55. The highest BCUT2D eigenvalue weighted by molar-refractivity contribution is 5.69. The van der Waals surface area contributed by atoms with E-state index in [1.54, 1.807) is 6.92 Å². The molecule has 12 nitrogen and oxygen atoms in total. The van der Waals surface area contributed by atoms with E-state index in [-0.39, 0.29) is 25.0 Å². The number of rotatable bonds is 36. The zero-order valence-corrected chi connectivity index (χ0v) is 27.0. The van der Waals surface area contributed by atoms with Gasteiger partial charge in [0, 0.05) is 6.42 Å². The lowest BCUT2D eigenvalue weighted by Gasteiger charge is -2.09. The van der Waals surface area contributed by atoms with Crippen LogP contribution in [0.3, 0.4) is 0 Å². The lowest BCUT2D eigenvalue weighted by molar-refractivity contribution is -0.146. The quantitative estimate of drug-likeness (QED) is 0.0744. The third-order valence-corrected chi connectivity index (χ3v) is 5.84. The van der Waals surface area contributed by atoms with Gasteiger partial charge in [0.05, 0.1) is 119 Å². The molecule has 0 saturated carbocycles. The van der Waals surface area contributed by atoms with Gasteiger partial charge in [0.25, 0.3) is 0 Å². The smallest absolute Gasteiger partial charge is 0.308 e. The van der Waals surface area contributed by atoms with Crippen molar-refractivity contribution >= 4 is 11.9 Å². The third kappa shape index (κ3) is 36.7. The Kier molecular flexibility index (Phi) is 35.6. The van der Waals surface area contributed by atoms with E-state index in [0.717, 1.165) is 12.8 Å². The van der Waals surface area contributed by atoms with E-state index in [2.05, 4.69) is 6.92 Å². The van der Waals surface area contributed by atoms with Gasteiger partial charge in [-0.25, -0.2) is 0 Å². The topological polar surface area (TPSA) is 126 Å². The highest BCUT2D eigenvalue weighted by Crippen LogP contribution is 2.08. The minimum absolute atomic E-state index is 0.143. The number of carbonyl (C=O) groups is 2. The van der Waals surface area contributed by atoms with Crippen LogP contribution in [0, 0.1) is 0 Å². The standard InChI is InChI=1S/C31H60O12/c1-3-5-6-7-8-9-10-11-30(32)43-29-28-41-27-26-40-25-24-39-23-22-38-21-20-37-19-18-36-17-16-35-15-14-34-13-12-31(33)42-4-2/h3-29H2,1-2H3. The second-order valence-electron chi connectivity index (χ2n) is 9.55. The highest BCUT2D eigenvalue weighted by atomic mass is 16.6. The van der Waals surface area contributed by atoms with E-state index >= 15 is 0 Å². The molecule has 0 aliphatic rings. The van der Waals surface area contributed by atoms with Crippen molar-refractivity contribution in [1.29, 1.82) is 0 Å². The molecule has 0 heterocycles. The fourth-order valence-corrected chi connectivity index (χ4v) is 3.54. The predicted octanol–water partition coefficient (Wildman–Crippen LogP) is 3.76. The van der Waals surface area contributed by atoms with Crippen LogP contribution in [0.15, 0.2) is 0 Å². The summed E-state index contributed by atoms with van der Waals surface area (Å²) in [4.78, 5) is 22.8. The van der Waals surface area contributed by atoms with Crippen molar-refractivity contribution in [1.82, 2.24) is 0 Å². The van der Waals surface area contributed by atoms with Gasteiger partial charge in [0.2, 0.25) is 0 Å². The Hall–Kier alpha value is -1.38. The predicted molar refractivity (Wildman–Crippen MR) is 161 cm³/mol. The lowest BCUT2D eigenvalue weighted by Crippen LogP contribution is -2.15. The van der Waals surface area contributed by atoms with E-state index in [1.165, 1.54) is 32.1 Å². The van der Waals surface area contributed by atoms with Gasteiger partial charge in [-0.2, -0.15) is 0 Å². The van der Waals surface area contributed by atoms with Gasteiger partial charge in [-0.3, -0.25) is 9.59 Å². The number of ether oxygens (including phenoxy) is 10. The van der Waals surface area contributed by atoms with Crippen molar-refractivity contribution in [3.05, 3.63) is 0 Å². The van der Waals surface area contributed by atoms with Gasteiger partial charge in [-0.05, 0) is 13.3 Å². The fraction of sp³-hybridized carbons (Fsp3) is 0.935. The minimum Gasteiger partial charge on any atom is -0.466 e. The molecule has 0 aliphatic heterocycles. The Bertz CT molecular complexity index is 579. The van der Waals surface area contributed by atoms with E-state index in [0.29, 0.717) is 119 Å². The summed E-state index contributed by atoms with van der Waals surface area (Å²) >= 11 is 0. The lowest BCUT2D eigenvalue weighted by atomic mass is 10.1. The summed E-state index contributed by atoms with van der Waals surface area (Å²) in [5, 5.41) is 0. The molecule has 0 aliphatic carbocycles. The van der Waals surface area contributed by atoms with Crippen LogP contribution in [0.4, 0.5) is 0 Å². The first-order valence-electron chi connectivity index (χ1n) is 16.1. The maximum Gasteiger partial charge on any atom is 0.308 e. The average Bonchev–Trinajstić information content (AvgIpc) is 3.00. The number of unbranched alkanes of at least 4 members (excludes halogenated alkanes) is 6. The third-order valence-electron chi connectivity index (χ3n) is 5.84. The molecule has 0 N–H and O–H groups in total. The summed E-state index contributed by atoms with van der Waals surface area (Å²) in [6, 6.07) is 0. The Labute approximate surface area is 259 Å². The maximum atomic E-state index is 11.7. The fourth-order valence-electron chi connectivity index (χ4n) is 3.54. The summed E-state index contributed by atoms with van der Waals surface area (Å²) in [5.41, 5.74) is 0. The molecule has 0 rings (SSSR count). The molecule has 0 fully saturated rings. The van der Waals surface area contributed by atoms with Gasteiger partial charge in [0.15, 0.2) is 0 Å². The number of carbonyl (C=O) groups excluding carboxylic acids is 2. The zero-order valence-electron chi connectivity index (χ0n) is 27.0. The van der Waals surface area contributed by atoms with Gasteiger partial charge in [-0.15, -0.1) is 0 Å². The van der Waals surface area contributed by atoms with E-state index in [1.807, 2.05) is 0 Å². The minimum atomic E-state index is -0.252. The van der Waals surface area contributed by atoms with Crippen molar-refractivity contribution < 1.29 is 57.0 Å². The first kappa shape index (κ1) is 41.6. The monoisotopic (exact) mass is 624 g/mol. The summed E-state index contributed by atoms with van der Waals surface area (Å²) < 4.78 is 53.3. The molecule has 0 aromatic rings. The van der Waals surface area contributed by atoms with Gasteiger partial charge in [0.1, 0.15) is 6.61 Å². The van der Waals surface area contributed by atoms with Crippen LogP contribution in [-0.2, 0) is 57.0 Å². The van der Waals surface area contributed by atoms with E-state index < -0.39 is 0 Å². The summed E-state index contributed by atoms with van der Waals surface area (Å²) in [6.45, 7) is 12.0. The molecule has 43 heavy (non-hydrogen) atoms. The first-order valence-corrected chi connectivity index (χ1v) is 16.1. The van der Waals surface area contributed by atoms with Gasteiger partial charge in [-0.1, -0.05) is 45.4 Å². The molecular weight excluding hydrogens is 564 g/mol. The summed E-state index contributed by atoms with van der Waals surface area (Å²) in [6.07, 6.45) is 9.04. The van der Waals surface area contributed by atoms with E-state index in [4.69, 9.17) is 47.4 Å². The largest absolute Gasteiger partial charge is 0.466 e. The molecule has 12 heteroatoms. The van der Waals surface area contributed by atoms with Crippen molar-refractivity contribution in [3.63, 3.8) is 0 Å². The Morgan fingerprint density at radius 3 is 1.07 bits per heavy atom. The Morgan fingerprint density at radius 2 is 0.674 bits per heavy atom. The van der Waals surface area contributed by atoms with Crippen molar-refractivity contribution in [2.75, 3.05) is 119 Å². The van der Waals surface area contributed by atoms with Gasteiger partial charge < -0.3 is 47.4 Å². The molecule has 0 bridgehead atoms. The molecule has 0 radical (unpaired) electrons. The molecule has 0 amide bonds. The molecule has 0 aromatic heterocycles. The normalized spacial score (nSPS) is 11.2. The van der Waals surface area contributed by atoms with Crippen LogP contribution in [0.1, 0.15) is 71.6 Å². The number of esters is 2. The summed E-state index contributed by atoms with van der Waals surface area (Å²) in [7, 11) is 0. The highest BCUT2D eigenvalue weighted by Gasteiger charge is 2.03. The second kappa shape index (κ2) is 36.8.